The van der Waals surface area contributed by atoms with Gasteiger partial charge < -0.3 is 14.4 Å². The Balaban J connectivity index is 2.31. The molecule has 0 N–H and O–H groups in total. The van der Waals surface area contributed by atoms with Gasteiger partial charge in [0.05, 0.1) is 6.54 Å². The minimum Gasteiger partial charge on any atom is -0.486 e. The summed E-state index contributed by atoms with van der Waals surface area (Å²) in [5.41, 5.74) is 0.628. The number of hydrogen-bond acceptors (Lipinski definition) is 4. The Kier molecular flexibility index (Phi) is 3.69. The van der Waals surface area contributed by atoms with E-state index in [0.29, 0.717) is 36.8 Å². The van der Waals surface area contributed by atoms with E-state index < -0.39 is 0 Å². The Labute approximate surface area is 109 Å². The third kappa shape index (κ3) is 2.79. The lowest BCUT2D eigenvalue weighted by Gasteiger charge is -2.20. The van der Waals surface area contributed by atoms with Crippen molar-refractivity contribution in [1.82, 2.24) is 4.90 Å². The average molecular weight is 300 g/mol. The third-order valence-corrected chi connectivity index (χ3v) is 3.05. The molecule has 0 bridgehead atoms. The first-order valence-electron chi connectivity index (χ1n) is 5.35. The average Bonchev–Trinajstić information content (AvgIpc) is 2.27. The summed E-state index contributed by atoms with van der Waals surface area (Å²) in [6, 6.07) is 3.53. The summed E-state index contributed by atoms with van der Waals surface area (Å²) in [4.78, 5) is 13.8. The molecule has 17 heavy (non-hydrogen) atoms. The SMILES string of the molecule is CN(C)CC(=O)c1cc2c(cc1Br)OCCO2. The lowest BCUT2D eigenvalue weighted by molar-refractivity contribution is 0.0956. The van der Waals surface area contributed by atoms with E-state index in [1.165, 1.54) is 0 Å². The lowest BCUT2D eigenvalue weighted by atomic mass is 10.1. The molecule has 0 aromatic heterocycles. The number of ketones is 1. The molecular weight excluding hydrogens is 286 g/mol. The van der Waals surface area contributed by atoms with Gasteiger partial charge >= 0.3 is 0 Å². The van der Waals surface area contributed by atoms with Crippen molar-refractivity contribution >= 4 is 21.7 Å². The topological polar surface area (TPSA) is 38.8 Å². The number of carbonyl (C=O) groups excluding carboxylic acids is 1. The number of fused-ring (bicyclic) bond motifs is 1. The Morgan fingerprint density at radius 2 is 1.88 bits per heavy atom. The first kappa shape index (κ1) is 12.4. The fraction of sp³-hybridized carbons (Fsp3) is 0.417. The van der Waals surface area contributed by atoms with Gasteiger partial charge in [-0.05, 0) is 42.2 Å². The molecule has 92 valence electrons. The maximum atomic E-state index is 12.0. The van der Waals surface area contributed by atoms with Gasteiger partial charge in [-0.25, -0.2) is 0 Å². The van der Waals surface area contributed by atoms with E-state index >= 15 is 0 Å². The highest BCUT2D eigenvalue weighted by molar-refractivity contribution is 9.10. The molecule has 0 saturated heterocycles. The molecule has 0 spiro atoms. The third-order valence-electron chi connectivity index (χ3n) is 2.39. The molecular formula is C12H14BrNO3. The zero-order chi connectivity index (χ0) is 12.4. The molecule has 2 rings (SSSR count). The first-order valence-corrected chi connectivity index (χ1v) is 6.14. The van der Waals surface area contributed by atoms with Crippen LogP contribution in [0.1, 0.15) is 10.4 Å². The van der Waals surface area contributed by atoms with Crippen LogP contribution in [0.15, 0.2) is 16.6 Å². The summed E-state index contributed by atoms with van der Waals surface area (Å²) in [5.74, 6) is 1.38. The van der Waals surface area contributed by atoms with Gasteiger partial charge in [-0.3, -0.25) is 4.79 Å². The van der Waals surface area contributed by atoms with Gasteiger partial charge in [0.1, 0.15) is 13.2 Å². The fourth-order valence-corrected chi connectivity index (χ4v) is 2.19. The van der Waals surface area contributed by atoms with E-state index in [2.05, 4.69) is 15.9 Å². The molecule has 0 unspecified atom stereocenters. The zero-order valence-corrected chi connectivity index (χ0v) is 11.4. The molecule has 1 aromatic carbocycles. The second-order valence-corrected chi connectivity index (χ2v) is 4.99. The lowest BCUT2D eigenvalue weighted by Crippen LogP contribution is -2.22. The summed E-state index contributed by atoms with van der Waals surface area (Å²) < 4.78 is 11.7. The molecule has 1 aromatic rings. The van der Waals surface area contributed by atoms with Crippen LogP contribution < -0.4 is 9.47 Å². The quantitative estimate of drug-likeness (QED) is 0.800. The number of rotatable bonds is 3. The monoisotopic (exact) mass is 299 g/mol. The van der Waals surface area contributed by atoms with Crippen LogP contribution in [0, 0.1) is 0 Å². The van der Waals surface area contributed by atoms with Crippen LogP contribution >= 0.6 is 15.9 Å². The van der Waals surface area contributed by atoms with Crippen LogP contribution in [0.4, 0.5) is 0 Å². The van der Waals surface area contributed by atoms with Crippen molar-refractivity contribution in [2.45, 2.75) is 0 Å². The molecule has 1 aliphatic heterocycles. The summed E-state index contributed by atoms with van der Waals surface area (Å²) in [7, 11) is 3.73. The highest BCUT2D eigenvalue weighted by atomic mass is 79.9. The van der Waals surface area contributed by atoms with Crippen LogP contribution in [0.3, 0.4) is 0 Å². The zero-order valence-electron chi connectivity index (χ0n) is 9.83. The van der Waals surface area contributed by atoms with Crippen LogP contribution in [-0.4, -0.2) is 44.5 Å². The van der Waals surface area contributed by atoms with E-state index in [0.717, 1.165) is 4.47 Å². The van der Waals surface area contributed by atoms with Gasteiger partial charge in [0.15, 0.2) is 17.3 Å². The number of carbonyl (C=O) groups is 1. The van der Waals surface area contributed by atoms with Gasteiger partial charge in [-0.1, -0.05) is 0 Å². The second kappa shape index (κ2) is 5.06. The number of ether oxygens (including phenoxy) is 2. The van der Waals surface area contributed by atoms with Crippen molar-refractivity contribution in [2.24, 2.45) is 0 Å². The molecule has 0 saturated carbocycles. The summed E-state index contributed by atoms with van der Waals surface area (Å²) in [6.07, 6.45) is 0. The highest BCUT2D eigenvalue weighted by Gasteiger charge is 2.18. The van der Waals surface area contributed by atoms with Gasteiger partial charge in [0.2, 0.25) is 0 Å². The summed E-state index contributed by atoms with van der Waals surface area (Å²) in [6.45, 7) is 1.44. The smallest absolute Gasteiger partial charge is 0.178 e. The molecule has 0 amide bonds. The Bertz CT molecular complexity index is 446. The van der Waals surface area contributed by atoms with E-state index in [1.807, 2.05) is 19.0 Å². The van der Waals surface area contributed by atoms with Crippen LogP contribution in [0.5, 0.6) is 11.5 Å². The molecule has 0 fully saturated rings. The van der Waals surface area contributed by atoms with Crippen molar-refractivity contribution in [2.75, 3.05) is 33.9 Å². The van der Waals surface area contributed by atoms with Crippen LogP contribution in [0.2, 0.25) is 0 Å². The van der Waals surface area contributed by atoms with Gasteiger partial charge in [-0.15, -0.1) is 0 Å². The van der Waals surface area contributed by atoms with Gasteiger partial charge in [-0.2, -0.15) is 0 Å². The van der Waals surface area contributed by atoms with Crippen LogP contribution in [0.25, 0.3) is 0 Å². The molecule has 4 nitrogen and oxygen atoms in total. The number of halogens is 1. The van der Waals surface area contributed by atoms with Crippen molar-refractivity contribution in [3.8, 4) is 11.5 Å². The Morgan fingerprint density at radius 1 is 1.29 bits per heavy atom. The second-order valence-electron chi connectivity index (χ2n) is 4.14. The largest absolute Gasteiger partial charge is 0.486 e. The van der Waals surface area contributed by atoms with Crippen molar-refractivity contribution < 1.29 is 14.3 Å². The number of Topliss-reactive ketones (excluding diaryl/α,β-unsaturated/α-hetero) is 1. The van der Waals surface area contributed by atoms with E-state index in [-0.39, 0.29) is 5.78 Å². The minimum absolute atomic E-state index is 0.0545. The standard InChI is InChI=1S/C12H14BrNO3/c1-14(2)7-10(15)8-5-11-12(6-9(8)13)17-4-3-16-11/h5-6H,3-4,7H2,1-2H3. The van der Waals surface area contributed by atoms with Crippen molar-refractivity contribution in [3.05, 3.63) is 22.2 Å². The molecule has 5 heteroatoms. The fourth-order valence-electron chi connectivity index (χ4n) is 1.65. The first-order chi connectivity index (χ1) is 8.08. The van der Waals surface area contributed by atoms with E-state index in [9.17, 15) is 4.79 Å². The van der Waals surface area contributed by atoms with E-state index in [1.54, 1.807) is 12.1 Å². The number of hydrogen-bond donors (Lipinski definition) is 0. The van der Waals surface area contributed by atoms with Gasteiger partial charge in [0, 0.05) is 10.0 Å². The van der Waals surface area contributed by atoms with Gasteiger partial charge in [0.25, 0.3) is 0 Å². The molecule has 0 radical (unpaired) electrons. The molecule has 1 aliphatic rings. The van der Waals surface area contributed by atoms with Crippen LogP contribution in [-0.2, 0) is 0 Å². The number of benzene rings is 1. The van der Waals surface area contributed by atoms with Crippen molar-refractivity contribution in [1.29, 1.82) is 0 Å². The van der Waals surface area contributed by atoms with E-state index in [4.69, 9.17) is 9.47 Å². The number of likely N-dealkylation sites (N-methyl/N-ethyl adjacent to an activating group) is 1. The van der Waals surface area contributed by atoms with Crippen molar-refractivity contribution in [3.63, 3.8) is 0 Å². The normalized spacial score (nSPS) is 13.9. The highest BCUT2D eigenvalue weighted by Crippen LogP contribution is 2.35. The number of nitrogens with zero attached hydrogens (tertiary/aromatic N) is 1. The maximum absolute atomic E-state index is 12.0. The maximum Gasteiger partial charge on any atom is 0.178 e. The molecule has 0 aliphatic carbocycles. The summed E-state index contributed by atoms with van der Waals surface area (Å²) >= 11 is 3.39. The molecule has 0 atom stereocenters. The predicted octanol–water partition coefficient (Wildman–Crippen LogP) is 1.96. The Morgan fingerprint density at radius 3 is 2.47 bits per heavy atom. The molecule has 1 heterocycles. The predicted molar refractivity (Wildman–Crippen MR) is 68.0 cm³/mol. The minimum atomic E-state index is 0.0545. The summed E-state index contributed by atoms with van der Waals surface area (Å²) in [5, 5.41) is 0. The Hall–Kier alpha value is -1.07.